The van der Waals surface area contributed by atoms with Gasteiger partial charge >= 0.3 is 5.97 Å². The molecule has 0 aliphatic heterocycles. The zero-order valence-electron chi connectivity index (χ0n) is 8.29. The van der Waals surface area contributed by atoms with E-state index in [1.54, 1.807) is 13.8 Å². The number of Topliss-reactive ketones (excluding diaryl/α,β-unsaturated/α-hetero) is 1. The van der Waals surface area contributed by atoms with E-state index in [-0.39, 0.29) is 25.4 Å². The highest BCUT2D eigenvalue weighted by molar-refractivity contribution is 5.94. The topological polar surface area (TPSA) is 63.6 Å². The Kier molecular flexibility index (Phi) is 4.62. The van der Waals surface area contributed by atoms with Crippen LogP contribution >= 0.6 is 0 Å². The van der Waals surface area contributed by atoms with Crippen LogP contribution in [0.3, 0.4) is 0 Å². The van der Waals surface area contributed by atoms with E-state index in [0.717, 1.165) is 0 Å². The van der Waals surface area contributed by atoms with Crippen molar-refractivity contribution in [2.24, 2.45) is 5.41 Å². The largest absolute Gasteiger partial charge is 0.465 e. The summed E-state index contributed by atoms with van der Waals surface area (Å²) in [4.78, 5) is 21.4. The summed E-state index contributed by atoms with van der Waals surface area (Å²) in [5, 5.41) is 8.83. The molecule has 0 aliphatic carbocycles. The van der Waals surface area contributed by atoms with E-state index in [1.807, 2.05) is 0 Å². The molecule has 76 valence electrons. The SMILES string of the molecule is CC(=O)CC(=O)OCC(C)(C)CO. The number of hydrogen-bond donors (Lipinski definition) is 1. The van der Waals surface area contributed by atoms with E-state index in [1.165, 1.54) is 6.92 Å². The van der Waals surface area contributed by atoms with E-state index in [4.69, 9.17) is 9.84 Å². The zero-order chi connectivity index (χ0) is 10.5. The summed E-state index contributed by atoms with van der Waals surface area (Å²) >= 11 is 0. The molecule has 0 radical (unpaired) electrons. The molecule has 0 fully saturated rings. The molecule has 0 bridgehead atoms. The monoisotopic (exact) mass is 188 g/mol. The maximum Gasteiger partial charge on any atom is 0.313 e. The van der Waals surface area contributed by atoms with Gasteiger partial charge in [-0.3, -0.25) is 9.59 Å². The average molecular weight is 188 g/mol. The highest BCUT2D eigenvalue weighted by Gasteiger charge is 2.19. The number of rotatable bonds is 5. The Balaban J connectivity index is 3.76. The number of carbonyl (C=O) groups is 2. The first kappa shape index (κ1) is 12.1. The van der Waals surface area contributed by atoms with Crippen LogP contribution in [0.5, 0.6) is 0 Å². The number of hydrogen-bond acceptors (Lipinski definition) is 4. The third-order valence-corrected chi connectivity index (χ3v) is 1.45. The van der Waals surface area contributed by atoms with E-state index >= 15 is 0 Å². The number of aliphatic hydroxyl groups is 1. The average Bonchev–Trinajstić information content (AvgIpc) is 2.00. The lowest BCUT2D eigenvalue weighted by molar-refractivity contribution is -0.149. The van der Waals surface area contributed by atoms with Crippen molar-refractivity contribution in [3.63, 3.8) is 0 Å². The predicted molar refractivity (Wildman–Crippen MR) is 47.1 cm³/mol. The molecule has 0 heterocycles. The lowest BCUT2D eigenvalue weighted by Crippen LogP contribution is -2.26. The van der Waals surface area contributed by atoms with Crippen molar-refractivity contribution in [2.75, 3.05) is 13.2 Å². The van der Waals surface area contributed by atoms with Crippen LogP contribution < -0.4 is 0 Å². The van der Waals surface area contributed by atoms with Crippen LogP contribution in [0.1, 0.15) is 27.2 Å². The van der Waals surface area contributed by atoms with Crippen LogP contribution in [-0.4, -0.2) is 30.1 Å². The highest BCUT2D eigenvalue weighted by Crippen LogP contribution is 2.13. The highest BCUT2D eigenvalue weighted by atomic mass is 16.5. The summed E-state index contributed by atoms with van der Waals surface area (Å²) in [6.45, 7) is 4.95. The Morgan fingerprint density at radius 2 is 1.92 bits per heavy atom. The second kappa shape index (κ2) is 4.97. The first-order chi connectivity index (χ1) is 5.87. The Morgan fingerprint density at radius 1 is 1.38 bits per heavy atom. The number of aliphatic hydroxyl groups excluding tert-OH is 1. The molecule has 4 nitrogen and oxygen atoms in total. The van der Waals surface area contributed by atoms with Gasteiger partial charge in [0.05, 0.1) is 13.2 Å². The van der Waals surface area contributed by atoms with Crippen LogP contribution in [0.15, 0.2) is 0 Å². The van der Waals surface area contributed by atoms with Crippen molar-refractivity contribution in [1.29, 1.82) is 0 Å². The Morgan fingerprint density at radius 3 is 2.31 bits per heavy atom. The van der Waals surface area contributed by atoms with E-state index in [2.05, 4.69) is 0 Å². The van der Waals surface area contributed by atoms with Crippen molar-refractivity contribution in [3.8, 4) is 0 Å². The maximum atomic E-state index is 10.9. The first-order valence-corrected chi connectivity index (χ1v) is 4.13. The quantitative estimate of drug-likeness (QED) is 0.505. The first-order valence-electron chi connectivity index (χ1n) is 4.13. The number of ketones is 1. The van der Waals surface area contributed by atoms with Gasteiger partial charge in [-0.05, 0) is 6.92 Å². The number of esters is 1. The maximum absolute atomic E-state index is 10.9. The minimum atomic E-state index is -0.533. The minimum Gasteiger partial charge on any atom is -0.465 e. The van der Waals surface area contributed by atoms with Gasteiger partial charge in [0.25, 0.3) is 0 Å². The Labute approximate surface area is 77.9 Å². The summed E-state index contributed by atoms with van der Waals surface area (Å²) in [6, 6.07) is 0. The summed E-state index contributed by atoms with van der Waals surface area (Å²) < 4.78 is 4.79. The molecule has 0 spiro atoms. The standard InChI is InChI=1S/C9H16O4/c1-7(11)4-8(12)13-6-9(2,3)5-10/h10H,4-6H2,1-3H3. The van der Waals surface area contributed by atoms with Gasteiger partial charge in [0.15, 0.2) is 0 Å². The zero-order valence-corrected chi connectivity index (χ0v) is 8.29. The summed E-state index contributed by atoms with van der Waals surface area (Å²) in [5.41, 5.74) is -0.438. The minimum absolute atomic E-state index is 0.0552. The molecule has 0 aliphatic rings. The van der Waals surface area contributed by atoms with Gasteiger partial charge in [0.1, 0.15) is 12.2 Å². The molecule has 1 N–H and O–H groups in total. The van der Waals surface area contributed by atoms with Gasteiger partial charge in [0.2, 0.25) is 0 Å². The van der Waals surface area contributed by atoms with Gasteiger partial charge in [-0.15, -0.1) is 0 Å². The fraction of sp³-hybridized carbons (Fsp3) is 0.778. The van der Waals surface area contributed by atoms with Gasteiger partial charge in [0, 0.05) is 5.41 Å². The van der Waals surface area contributed by atoms with Crippen LogP contribution in [0.2, 0.25) is 0 Å². The summed E-state index contributed by atoms with van der Waals surface area (Å²) in [5.74, 6) is -0.749. The fourth-order valence-corrected chi connectivity index (χ4v) is 0.576. The molecule has 0 unspecified atom stereocenters. The van der Waals surface area contributed by atoms with Crippen LogP contribution in [-0.2, 0) is 14.3 Å². The van der Waals surface area contributed by atoms with E-state index < -0.39 is 11.4 Å². The number of ether oxygens (including phenoxy) is 1. The third kappa shape index (κ3) is 6.28. The molecular formula is C9H16O4. The molecule has 4 heteroatoms. The fourth-order valence-electron chi connectivity index (χ4n) is 0.576. The predicted octanol–water partition coefficient (Wildman–Crippen LogP) is 0.527. The van der Waals surface area contributed by atoms with Crippen LogP contribution in [0.25, 0.3) is 0 Å². The smallest absolute Gasteiger partial charge is 0.313 e. The van der Waals surface area contributed by atoms with Crippen molar-refractivity contribution in [1.82, 2.24) is 0 Å². The second-order valence-electron chi connectivity index (χ2n) is 3.86. The molecule has 0 aromatic rings. The number of carbonyl (C=O) groups excluding carboxylic acids is 2. The lowest BCUT2D eigenvalue weighted by Gasteiger charge is -2.20. The van der Waals surface area contributed by atoms with Crippen molar-refractivity contribution in [2.45, 2.75) is 27.2 Å². The Bertz CT molecular complexity index is 196. The van der Waals surface area contributed by atoms with Crippen molar-refractivity contribution >= 4 is 11.8 Å². The molecule has 13 heavy (non-hydrogen) atoms. The third-order valence-electron chi connectivity index (χ3n) is 1.45. The summed E-state index contributed by atoms with van der Waals surface area (Å²) in [7, 11) is 0. The molecule has 0 saturated heterocycles. The molecule has 0 rings (SSSR count). The molecular weight excluding hydrogens is 172 g/mol. The van der Waals surface area contributed by atoms with Gasteiger partial charge < -0.3 is 9.84 Å². The van der Waals surface area contributed by atoms with E-state index in [0.29, 0.717) is 0 Å². The molecule has 0 aromatic carbocycles. The van der Waals surface area contributed by atoms with Gasteiger partial charge in [-0.25, -0.2) is 0 Å². The van der Waals surface area contributed by atoms with Gasteiger partial charge in [-0.2, -0.15) is 0 Å². The van der Waals surface area contributed by atoms with E-state index in [9.17, 15) is 9.59 Å². The van der Waals surface area contributed by atoms with Gasteiger partial charge in [-0.1, -0.05) is 13.8 Å². The molecule has 0 amide bonds. The summed E-state index contributed by atoms with van der Waals surface area (Å²) in [6.07, 6.45) is -0.193. The van der Waals surface area contributed by atoms with Crippen molar-refractivity contribution < 1.29 is 19.4 Å². The second-order valence-corrected chi connectivity index (χ2v) is 3.86. The van der Waals surface area contributed by atoms with Crippen LogP contribution in [0, 0.1) is 5.41 Å². The lowest BCUT2D eigenvalue weighted by atomic mass is 9.97. The van der Waals surface area contributed by atoms with Crippen LogP contribution in [0.4, 0.5) is 0 Å². The van der Waals surface area contributed by atoms with Crippen molar-refractivity contribution in [3.05, 3.63) is 0 Å². The molecule has 0 saturated carbocycles. The Hall–Kier alpha value is -0.900. The molecule has 0 aromatic heterocycles. The molecule has 0 atom stereocenters. The normalized spacial score (nSPS) is 11.1.